The molecule has 3 rings (SSSR count). The van der Waals surface area contributed by atoms with Gasteiger partial charge >= 0.3 is 12.2 Å². The first-order valence-electron chi connectivity index (χ1n) is 11.3. The highest BCUT2D eigenvalue weighted by molar-refractivity contribution is 5.74. The maximum absolute atomic E-state index is 12.8. The van der Waals surface area contributed by atoms with Crippen molar-refractivity contribution in [3.8, 4) is 0 Å². The average Bonchev–Trinajstić information content (AvgIpc) is 2.65. The van der Waals surface area contributed by atoms with Crippen LogP contribution in [-0.2, 0) is 0 Å². The summed E-state index contributed by atoms with van der Waals surface area (Å²) >= 11 is 0. The number of rotatable bonds is 5. The summed E-state index contributed by atoms with van der Waals surface area (Å²) in [6, 6.07) is -0.329. The molecule has 1 saturated carbocycles. The van der Waals surface area contributed by atoms with Gasteiger partial charge in [-0.15, -0.1) is 0 Å². The van der Waals surface area contributed by atoms with Gasteiger partial charge in [-0.2, -0.15) is 13.2 Å². The molecule has 2 heterocycles. The van der Waals surface area contributed by atoms with Crippen molar-refractivity contribution < 1.29 is 18.0 Å². The van der Waals surface area contributed by atoms with Crippen LogP contribution < -0.4 is 26.6 Å². The zero-order valence-electron chi connectivity index (χ0n) is 18.0. The van der Waals surface area contributed by atoms with Crippen LogP contribution in [-0.4, -0.2) is 68.3 Å². The molecule has 7 nitrogen and oxygen atoms in total. The van der Waals surface area contributed by atoms with Crippen molar-refractivity contribution >= 4 is 6.03 Å². The summed E-state index contributed by atoms with van der Waals surface area (Å²) in [6.45, 7) is 5.29. The minimum atomic E-state index is -4.13. The SMILES string of the molecule is CC1CC(NCC2CCCN(C)C2)NC(NC(=O)NC2CCC(C(F)(F)F)CC2)N1. The molecule has 4 atom stereocenters. The third-order valence-electron chi connectivity index (χ3n) is 6.58. The second-order valence-corrected chi connectivity index (χ2v) is 9.34. The number of piperidine rings is 1. The van der Waals surface area contributed by atoms with E-state index in [1.54, 1.807) is 0 Å². The molecule has 2 saturated heterocycles. The molecule has 2 aliphatic heterocycles. The van der Waals surface area contributed by atoms with Gasteiger partial charge < -0.3 is 20.9 Å². The lowest BCUT2D eigenvalue weighted by molar-refractivity contribution is -0.182. The van der Waals surface area contributed by atoms with Gasteiger partial charge in [-0.1, -0.05) is 0 Å². The molecular weight excluding hydrogens is 397 g/mol. The number of hydrogen-bond donors (Lipinski definition) is 5. The summed E-state index contributed by atoms with van der Waals surface area (Å²) in [7, 11) is 2.16. The van der Waals surface area contributed by atoms with E-state index in [-0.39, 0.29) is 43.4 Å². The predicted molar refractivity (Wildman–Crippen MR) is 110 cm³/mol. The van der Waals surface area contributed by atoms with Gasteiger partial charge in [0, 0.05) is 25.2 Å². The van der Waals surface area contributed by atoms with Crippen molar-refractivity contribution in [2.75, 3.05) is 26.7 Å². The smallest absolute Gasteiger partial charge is 0.335 e. The van der Waals surface area contributed by atoms with E-state index in [0.29, 0.717) is 18.8 Å². The molecule has 0 aromatic rings. The van der Waals surface area contributed by atoms with E-state index < -0.39 is 12.1 Å². The molecule has 0 bridgehead atoms. The highest BCUT2D eigenvalue weighted by atomic mass is 19.4. The molecule has 174 valence electrons. The van der Waals surface area contributed by atoms with E-state index in [1.807, 2.05) is 0 Å². The Kier molecular flexibility index (Phi) is 8.23. The van der Waals surface area contributed by atoms with Gasteiger partial charge in [-0.05, 0) is 71.4 Å². The van der Waals surface area contributed by atoms with Gasteiger partial charge in [0.05, 0.1) is 12.1 Å². The Bertz CT molecular complexity index is 555. The van der Waals surface area contributed by atoms with Crippen molar-refractivity contribution in [3.63, 3.8) is 0 Å². The van der Waals surface area contributed by atoms with Crippen LogP contribution >= 0.6 is 0 Å². The van der Waals surface area contributed by atoms with Crippen LogP contribution in [0.3, 0.4) is 0 Å². The zero-order valence-corrected chi connectivity index (χ0v) is 18.0. The number of nitrogens with zero attached hydrogens (tertiary/aromatic N) is 1. The molecule has 4 unspecified atom stereocenters. The normalized spacial score (nSPS) is 36.3. The molecule has 3 aliphatic rings. The molecule has 30 heavy (non-hydrogen) atoms. The lowest BCUT2D eigenvalue weighted by Crippen LogP contribution is -2.68. The van der Waals surface area contributed by atoms with Gasteiger partial charge in [0.25, 0.3) is 0 Å². The van der Waals surface area contributed by atoms with Crippen molar-refractivity contribution in [1.82, 2.24) is 31.5 Å². The first-order valence-corrected chi connectivity index (χ1v) is 11.3. The second kappa shape index (κ2) is 10.5. The molecule has 10 heteroatoms. The number of hydrogen-bond acceptors (Lipinski definition) is 5. The average molecular weight is 435 g/mol. The molecule has 2 amide bonds. The van der Waals surface area contributed by atoms with E-state index in [1.165, 1.54) is 12.8 Å². The number of halogens is 3. The molecule has 0 spiro atoms. The fourth-order valence-electron chi connectivity index (χ4n) is 4.92. The zero-order chi connectivity index (χ0) is 21.7. The van der Waals surface area contributed by atoms with Gasteiger partial charge in [-0.25, -0.2) is 4.79 Å². The Morgan fingerprint density at radius 1 is 1.10 bits per heavy atom. The summed E-state index contributed by atoms with van der Waals surface area (Å²) in [6.07, 6.45) is -0.168. The quantitative estimate of drug-likeness (QED) is 0.457. The summed E-state index contributed by atoms with van der Waals surface area (Å²) in [4.78, 5) is 14.7. The Labute approximate surface area is 177 Å². The third-order valence-corrected chi connectivity index (χ3v) is 6.58. The van der Waals surface area contributed by atoms with Crippen LogP contribution in [0.25, 0.3) is 0 Å². The van der Waals surface area contributed by atoms with Gasteiger partial charge in [0.15, 0.2) is 0 Å². The molecule has 5 N–H and O–H groups in total. The number of carbonyl (C=O) groups excluding carboxylic acids is 1. The van der Waals surface area contributed by atoms with Crippen molar-refractivity contribution in [2.24, 2.45) is 11.8 Å². The maximum Gasteiger partial charge on any atom is 0.391 e. The molecule has 0 aromatic carbocycles. The molecule has 1 aliphatic carbocycles. The van der Waals surface area contributed by atoms with E-state index in [2.05, 4.69) is 45.5 Å². The van der Waals surface area contributed by atoms with E-state index in [0.717, 1.165) is 26.1 Å². The lowest BCUT2D eigenvalue weighted by Gasteiger charge is -2.38. The van der Waals surface area contributed by atoms with Crippen molar-refractivity contribution in [1.29, 1.82) is 0 Å². The second-order valence-electron chi connectivity index (χ2n) is 9.34. The first-order chi connectivity index (χ1) is 14.2. The van der Waals surface area contributed by atoms with E-state index >= 15 is 0 Å². The van der Waals surface area contributed by atoms with Crippen LogP contribution in [0.15, 0.2) is 0 Å². The largest absolute Gasteiger partial charge is 0.391 e. The topological polar surface area (TPSA) is 80.5 Å². The van der Waals surface area contributed by atoms with Crippen LogP contribution in [0.5, 0.6) is 0 Å². The summed E-state index contributed by atoms with van der Waals surface area (Å²) in [5.74, 6) is -0.603. The van der Waals surface area contributed by atoms with Crippen LogP contribution in [0.4, 0.5) is 18.0 Å². The number of urea groups is 1. The third kappa shape index (κ3) is 7.25. The minimum Gasteiger partial charge on any atom is -0.335 e. The Morgan fingerprint density at radius 3 is 2.50 bits per heavy atom. The Balaban J connectivity index is 1.38. The van der Waals surface area contributed by atoms with Gasteiger partial charge in [-0.3, -0.25) is 10.6 Å². The standard InChI is InChI=1S/C20H37F3N6O/c1-13-10-17(24-11-14-4-3-9-29(2)12-14)27-18(25-13)28-19(30)26-16-7-5-15(6-8-16)20(21,22)23/h13-18,24-25,27H,3-12H2,1-2H3,(H2,26,28,30). The first kappa shape index (κ1) is 23.6. The van der Waals surface area contributed by atoms with Gasteiger partial charge in [0.1, 0.15) is 6.29 Å². The molecule has 3 fully saturated rings. The highest BCUT2D eigenvalue weighted by Crippen LogP contribution is 2.37. The summed E-state index contributed by atoms with van der Waals surface area (Å²) in [5.41, 5.74) is 0. The molecule has 0 radical (unpaired) electrons. The van der Waals surface area contributed by atoms with Crippen LogP contribution in [0, 0.1) is 11.8 Å². The van der Waals surface area contributed by atoms with E-state index in [9.17, 15) is 18.0 Å². The number of amides is 2. The monoisotopic (exact) mass is 434 g/mol. The number of likely N-dealkylation sites (tertiary alicyclic amines) is 1. The highest BCUT2D eigenvalue weighted by Gasteiger charge is 2.41. The Hall–Kier alpha value is -1.10. The van der Waals surface area contributed by atoms with Crippen molar-refractivity contribution in [3.05, 3.63) is 0 Å². The predicted octanol–water partition coefficient (Wildman–Crippen LogP) is 1.92. The number of nitrogens with one attached hydrogen (secondary N) is 5. The van der Waals surface area contributed by atoms with Crippen LogP contribution in [0.2, 0.25) is 0 Å². The number of carbonyl (C=O) groups is 1. The Morgan fingerprint density at radius 2 is 1.83 bits per heavy atom. The fourth-order valence-corrected chi connectivity index (χ4v) is 4.92. The maximum atomic E-state index is 12.8. The van der Waals surface area contributed by atoms with Crippen molar-refractivity contribution in [2.45, 2.75) is 82.6 Å². The lowest BCUT2D eigenvalue weighted by atomic mass is 9.86. The summed E-state index contributed by atoms with van der Waals surface area (Å²) < 4.78 is 38.4. The van der Waals surface area contributed by atoms with Crippen LogP contribution in [0.1, 0.15) is 51.9 Å². The fraction of sp³-hybridized carbons (Fsp3) is 0.950. The number of alkyl halides is 3. The summed E-state index contributed by atoms with van der Waals surface area (Å²) in [5, 5.41) is 16.0. The minimum absolute atomic E-state index is 0.0771. The van der Waals surface area contributed by atoms with Gasteiger partial charge in [0.2, 0.25) is 0 Å². The molecular formula is C20H37F3N6O. The van der Waals surface area contributed by atoms with E-state index in [4.69, 9.17) is 0 Å². The molecule has 0 aromatic heterocycles.